The van der Waals surface area contributed by atoms with Gasteiger partial charge >= 0.3 is 5.97 Å². The monoisotopic (exact) mass is 406 g/mol. The molecule has 1 atom stereocenters. The van der Waals surface area contributed by atoms with Crippen molar-refractivity contribution in [3.8, 4) is 0 Å². The third-order valence-corrected chi connectivity index (χ3v) is 5.67. The predicted octanol–water partition coefficient (Wildman–Crippen LogP) is 1.85. The number of hydroxylamine groups is 1. The van der Waals surface area contributed by atoms with Crippen LogP contribution in [-0.2, 0) is 24.4 Å². The van der Waals surface area contributed by atoms with E-state index < -0.39 is 22.1 Å². The minimum atomic E-state index is -3.82. The molecule has 2 aromatic carbocycles. The largest absolute Gasteiger partial charge is 0.444 e. The summed E-state index contributed by atoms with van der Waals surface area (Å²) in [5, 5.41) is 0. The Hall–Kier alpha value is -2.75. The van der Waals surface area contributed by atoms with Crippen molar-refractivity contribution in [1.82, 2.24) is 9.37 Å². The highest BCUT2D eigenvalue weighted by Gasteiger charge is 2.27. The zero-order chi connectivity index (χ0) is 20.9. The summed E-state index contributed by atoms with van der Waals surface area (Å²) in [7, 11) is 1.80. The summed E-state index contributed by atoms with van der Waals surface area (Å²) < 4.78 is 30.5. The lowest BCUT2D eigenvalue weighted by Crippen LogP contribution is -2.31. The fourth-order valence-corrected chi connectivity index (χ4v) is 3.28. The van der Waals surface area contributed by atoms with Crippen molar-refractivity contribution < 1.29 is 27.6 Å². The molecular weight excluding hydrogens is 384 g/mol. The average Bonchev–Trinajstić information content (AvgIpc) is 2.71. The average molecular weight is 406 g/mol. The second-order valence-electron chi connectivity index (χ2n) is 6.05. The second-order valence-corrected chi connectivity index (χ2v) is 7.99. The number of sulfonamides is 1. The zero-order valence-electron chi connectivity index (χ0n) is 16.0. The molecule has 150 valence electrons. The first-order valence-electron chi connectivity index (χ1n) is 8.28. The number of amides is 1. The molecule has 0 spiro atoms. The molecule has 0 heterocycles. The van der Waals surface area contributed by atoms with Crippen molar-refractivity contribution in [2.75, 3.05) is 28.3 Å². The van der Waals surface area contributed by atoms with Crippen molar-refractivity contribution in [2.24, 2.45) is 0 Å². The Morgan fingerprint density at radius 1 is 0.929 bits per heavy atom. The maximum atomic E-state index is 12.5. The van der Waals surface area contributed by atoms with Crippen LogP contribution in [0.3, 0.4) is 0 Å². The van der Waals surface area contributed by atoms with Crippen LogP contribution < -0.4 is 0 Å². The molecule has 0 aliphatic heterocycles. The fraction of sp³-hybridized carbons (Fsp3) is 0.263. The molecule has 2 aromatic rings. The molecule has 0 aliphatic rings. The minimum Gasteiger partial charge on any atom is -0.444 e. The van der Waals surface area contributed by atoms with Crippen LogP contribution in [0.4, 0.5) is 0 Å². The first kappa shape index (κ1) is 21.5. The van der Waals surface area contributed by atoms with Crippen LogP contribution in [-0.4, -0.2) is 57.9 Å². The summed E-state index contributed by atoms with van der Waals surface area (Å²) in [6.07, 6.45) is -1.10. The van der Waals surface area contributed by atoms with Gasteiger partial charge in [-0.3, -0.25) is 9.63 Å². The van der Waals surface area contributed by atoms with Gasteiger partial charge < -0.3 is 9.64 Å². The highest BCUT2D eigenvalue weighted by molar-refractivity contribution is 7.89. The molecule has 8 nitrogen and oxygen atoms in total. The second kappa shape index (κ2) is 8.96. The summed E-state index contributed by atoms with van der Waals surface area (Å²) in [5.74, 6) is -1.13. The van der Waals surface area contributed by atoms with E-state index in [1.807, 2.05) is 0 Å². The topological polar surface area (TPSA) is 93.2 Å². The van der Waals surface area contributed by atoms with E-state index in [2.05, 4.69) is 0 Å². The molecule has 9 heteroatoms. The van der Waals surface area contributed by atoms with Gasteiger partial charge in [-0.15, -0.1) is 0 Å². The number of carbonyl (C=O) groups is 2. The fourth-order valence-electron chi connectivity index (χ4n) is 2.31. The highest BCUT2D eigenvalue weighted by atomic mass is 32.2. The first-order valence-corrected chi connectivity index (χ1v) is 9.72. The van der Waals surface area contributed by atoms with Crippen molar-refractivity contribution in [3.63, 3.8) is 0 Å². The standard InChI is InChI=1S/C19H22N2O6S/c1-20(2)18(22)17(14-8-6-5-7-9-14)27-19(23)15-10-12-16(13-11-15)28(24,25)21(3)26-4/h5-13,17H,1-4H3/t17-/m1/s1. The zero-order valence-corrected chi connectivity index (χ0v) is 16.8. The highest BCUT2D eigenvalue weighted by Crippen LogP contribution is 2.22. The number of likely N-dealkylation sites (N-methyl/N-ethyl adjacent to an activating group) is 1. The van der Waals surface area contributed by atoms with Crippen molar-refractivity contribution in [3.05, 3.63) is 65.7 Å². The van der Waals surface area contributed by atoms with E-state index in [-0.39, 0.29) is 16.4 Å². The summed E-state index contributed by atoms with van der Waals surface area (Å²) >= 11 is 0. The van der Waals surface area contributed by atoms with Gasteiger partial charge in [0.1, 0.15) is 0 Å². The SMILES string of the molecule is CON(C)S(=O)(=O)c1ccc(C(=O)O[C@@H](C(=O)N(C)C)c2ccccc2)cc1. The van der Waals surface area contributed by atoms with Crippen LogP contribution in [0.2, 0.25) is 0 Å². The summed E-state index contributed by atoms with van der Waals surface area (Å²) in [4.78, 5) is 31.0. The van der Waals surface area contributed by atoms with E-state index in [1.165, 1.54) is 43.3 Å². The third-order valence-electron chi connectivity index (χ3n) is 3.98. The summed E-state index contributed by atoms with van der Waals surface area (Å²) in [6.45, 7) is 0. The maximum Gasteiger partial charge on any atom is 0.339 e. The lowest BCUT2D eigenvalue weighted by Gasteiger charge is -2.21. The molecule has 0 saturated heterocycles. The van der Waals surface area contributed by atoms with Crippen molar-refractivity contribution in [1.29, 1.82) is 0 Å². The number of rotatable bonds is 7. The number of esters is 1. The van der Waals surface area contributed by atoms with Gasteiger partial charge in [-0.1, -0.05) is 34.8 Å². The number of benzene rings is 2. The van der Waals surface area contributed by atoms with Gasteiger partial charge in [0.05, 0.1) is 17.6 Å². The molecule has 0 N–H and O–H groups in total. The Kier molecular flexibility index (Phi) is 6.90. The van der Waals surface area contributed by atoms with E-state index in [4.69, 9.17) is 9.57 Å². The molecule has 0 unspecified atom stereocenters. The van der Waals surface area contributed by atoms with Gasteiger partial charge in [0.25, 0.3) is 15.9 Å². The van der Waals surface area contributed by atoms with Crippen LogP contribution in [0.25, 0.3) is 0 Å². The first-order chi connectivity index (χ1) is 13.2. The molecule has 0 fully saturated rings. The van der Waals surface area contributed by atoms with E-state index in [9.17, 15) is 18.0 Å². The van der Waals surface area contributed by atoms with Gasteiger partial charge in [0.15, 0.2) is 0 Å². The van der Waals surface area contributed by atoms with Crippen LogP contribution in [0.1, 0.15) is 22.0 Å². The lowest BCUT2D eigenvalue weighted by atomic mass is 10.1. The Labute approximate surface area is 164 Å². The summed E-state index contributed by atoms with van der Waals surface area (Å²) in [6, 6.07) is 13.8. The van der Waals surface area contributed by atoms with E-state index in [0.717, 1.165) is 0 Å². The Bertz CT molecular complexity index is 927. The molecule has 2 rings (SSSR count). The molecule has 0 saturated carbocycles. The van der Waals surface area contributed by atoms with Crippen LogP contribution >= 0.6 is 0 Å². The minimum absolute atomic E-state index is 0.0441. The van der Waals surface area contributed by atoms with Gasteiger partial charge in [0, 0.05) is 26.7 Å². The van der Waals surface area contributed by atoms with E-state index >= 15 is 0 Å². The number of ether oxygens (including phenoxy) is 1. The third kappa shape index (κ3) is 4.75. The molecular formula is C19H22N2O6S. The Balaban J connectivity index is 2.26. The van der Waals surface area contributed by atoms with Crippen LogP contribution in [0, 0.1) is 0 Å². The molecule has 1 amide bonds. The summed E-state index contributed by atoms with van der Waals surface area (Å²) in [5.41, 5.74) is 0.655. The van der Waals surface area contributed by atoms with Crippen molar-refractivity contribution in [2.45, 2.75) is 11.0 Å². The molecule has 0 radical (unpaired) electrons. The van der Waals surface area contributed by atoms with Gasteiger partial charge in [-0.2, -0.15) is 0 Å². The molecule has 0 aliphatic carbocycles. The Morgan fingerprint density at radius 3 is 2.00 bits per heavy atom. The Morgan fingerprint density at radius 2 is 1.50 bits per heavy atom. The maximum absolute atomic E-state index is 12.5. The van der Waals surface area contributed by atoms with Crippen molar-refractivity contribution >= 4 is 21.9 Å². The molecule has 0 bridgehead atoms. The number of nitrogens with zero attached hydrogens (tertiary/aromatic N) is 2. The lowest BCUT2D eigenvalue weighted by molar-refractivity contribution is -0.138. The van der Waals surface area contributed by atoms with Gasteiger partial charge in [-0.05, 0) is 24.3 Å². The van der Waals surface area contributed by atoms with Gasteiger partial charge in [0.2, 0.25) is 6.10 Å². The smallest absolute Gasteiger partial charge is 0.339 e. The molecule has 28 heavy (non-hydrogen) atoms. The van der Waals surface area contributed by atoms with Crippen LogP contribution in [0.15, 0.2) is 59.5 Å². The molecule has 0 aromatic heterocycles. The van der Waals surface area contributed by atoms with E-state index in [0.29, 0.717) is 10.0 Å². The number of hydrogen-bond acceptors (Lipinski definition) is 6. The number of hydrogen-bond donors (Lipinski definition) is 0. The normalized spacial score (nSPS) is 12.5. The predicted molar refractivity (Wildman–Crippen MR) is 102 cm³/mol. The number of carbonyl (C=O) groups excluding carboxylic acids is 2. The van der Waals surface area contributed by atoms with Gasteiger partial charge in [-0.25, -0.2) is 13.2 Å². The quantitative estimate of drug-likeness (QED) is 0.515. The van der Waals surface area contributed by atoms with Crippen LogP contribution in [0.5, 0.6) is 0 Å². The van der Waals surface area contributed by atoms with E-state index in [1.54, 1.807) is 44.4 Å².